The Kier molecular flexibility index (Phi) is 3.87. The lowest BCUT2D eigenvalue weighted by Gasteiger charge is -2.10. The number of aryl methyl sites for hydroxylation is 2. The van der Waals surface area contributed by atoms with Crippen LogP contribution in [0.1, 0.15) is 11.3 Å². The molecule has 1 aromatic heterocycles. The van der Waals surface area contributed by atoms with Crippen LogP contribution < -0.4 is 3.79 Å². The highest BCUT2D eigenvalue weighted by atomic mass is 27.2. The van der Waals surface area contributed by atoms with Crippen molar-refractivity contribution in [2.75, 3.05) is 0 Å². The summed E-state index contributed by atoms with van der Waals surface area (Å²) in [5.41, 5.74) is 3.11. The van der Waals surface area contributed by atoms with E-state index < -0.39 is 15.9 Å². The van der Waals surface area contributed by atoms with Crippen molar-refractivity contribution in [3.8, 4) is 5.75 Å². The average Bonchev–Trinajstić information content (AvgIpc) is 2.26. The molecule has 1 aromatic carbocycles. The van der Waals surface area contributed by atoms with Crippen LogP contribution in [0.15, 0.2) is 24.3 Å². The summed E-state index contributed by atoms with van der Waals surface area (Å²) < 4.78 is 10.8. The molecule has 16 heavy (non-hydrogen) atoms. The van der Waals surface area contributed by atoms with Crippen molar-refractivity contribution in [2.24, 2.45) is 0 Å². The minimum atomic E-state index is -0.400. The van der Waals surface area contributed by atoms with Gasteiger partial charge in [-0.25, -0.2) is 4.98 Å². The highest BCUT2D eigenvalue weighted by molar-refractivity contribution is 6.28. The van der Waals surface area contributed by atoms with E-state index in [2.05, 4.69) is 24.0 Å². The van der Waals surface area contributed by atoms with Gasteiger partial charge >= 0.3 is 32.5 Å². The van der Waals surface area contributed by atoms with Crippen molar-refractivity contribution < 1.29 is 6.63 Å². The number of nitrogens with zero attached hydrogens (tertiary/aromatic N) is 1. The minimum absolute atomic E-state index is 0.400. The van der Waals surface area contributed by atoms with Crippen molar-refractivity contribution >= 4 is 43.4 Å². The monoisotopic (exact) mass is 244 g/mol. The molecule has 0 N–H and O–H groups in total. The molecule has 0 aliphatic carbocycles. The molecular formula is C11H12Al2NO2. The lowest BCUT2D eigenvalue weighted by molar-refractivity contribution is 0.485. The van der Waals surface area contributed by atoms with Crippen molar-refractivity contribution in [1.29, 1.82) is 0 Å². The molecule has 0 saturated carbocycles. The van der Waals surface area contributed by atoms with Crippen LogP contribution in [0.25, 0.3) is 10.9 Å². The fraction of sp³-hybridized carbons (Fsp3) is 0.182. The van der Waals surface area contributed by atoms with Crippen LogP contribution in [0.5, 0.6) is 5.75 Å². The Labute approximate surface area is 110 Å². The molecule has 0 fully saturated rings. The van der Waals surface area contributed by atoms with Crippen LogP contribution in [0, 0.1) is 13.8 Å². The van der Waals surface area contributed by atoms with E-state index in [4.69, 9.17) is 6.63 Å². The zero-order valence-corrected chi connectivity index (χ0v) is 12.8. The number of benzene rings is 1. The number of fused-ring (bicyclic) bond motifs is 1. The first-order valence-electron chi connectivity index (χ1n) is 5.10. The fourth-order valence-electron chi connectivity index (χ4n) is 1.63. The maximum Gasteiger partial charge on any atom is 0.741 e. The Morgan fingerprint density at radius 2 is 2.06 bits per heavy atom. The molecule has 2 rings (SSSR count). The van der Waals surface area contributed by atoms with Gasteiger partial charge in [0, 0.05) is 11.1 Å². The van der Waals surface area contributed by atoms with Gasteiger partial charge in [-0.2, -0.15) is 0 Å². The van der Waals surface area contributed by atoms with Gasteiger partial charge in [-0.05, 0) is 37.6 Å². The third-order valence-electron chi connectivity index (χ3n) is 2.31. The van der Waals surface area contributed by atoms with E-state index >= 15 is 0 Å². The molecule has 0 aliphatic rings. The van der Waals surface area contributed by atoms with E-state index in [-0.39, 0.29) is 0 Å². The topological polar surface area (TPSA) is 31.4 Å². The summed E-state index contributed by atoms with van der Waals surface area (Å²) in [6.07, 6.45) is 0. The molecule has 5 heteroatoms. The second-order valence-corrected chi connectivity index (χ2v) is 6.05. The van der Waals surface area contributed by atoms with Gasteiger partial charge in [-0.3, -0.25) is 0 Å². The molecule has 0 saturated heterocycles. The highest BCUT2D eigenvalue weighted by Crippen LogP contribution is 2.25. The Hall–Kier alpha value is -0.545. The lowest BCUT2D eigenvalue weighted by atomic mass is 10.1. The van der Waals surface area contributed by atoms with Crippen molar-refractivity contribution in [3.05, 3.63) is 35.5 Å². The minimum Gasteiger partial charge on any atom is -0.626 e. The predicted octanol–water partition coefficient (Wildman–Crippen LogP) is 1.33. The van der Waals surface area contributed by atoms with Gasteiger partial charge < -0.3 is 6.63 Å². The van der Waals surface area contributed by atoms with Crippen molar-refractivity contribution in [1.82, 2.24) is 4.98 Å². The van der Waals surface area contributed by atoms with Gasteiger partial charge in [0.25, 0.3) is 0 Å². The average molecular weight is 244 g/mol. The third-order valence-corrected chi connectivity index (χ3v) is 3.43. The first-order valence-corrected chi connectivity index (χ1v) is 6.86. The molecule has 79 valence electrons. The third kappa shape index (κ3) is 2.58. The molecule has 1 radical (unpaired) electrons. The second-order valence-electron chi connectivity index (χ2n) is 3.74. The van der Waals surface area contributed by atoms with E-state index in [1.165, 1.54) is 5.56 Å². The number of hydrogen-bond donors (Lipinski definition) is 0. The van der Waals surface area contributed by atoms with Crippen LogP contribution >= 0.6 is 0 Å². The Bertz CT molecular complexity index is 517. The van der Waals surface area contributed by atoms with Crippen LogP contribution in [-0.4, -0.2) is 37.5 Å². The standard InChI is InChI=1S/C11H11NO.2Al.O.2H/c1-7-5-9-4-3-8(2)12-11(9)10(13)6-7;;;;;/h3-6,13H,1-2H3;;;;;/q;;+1;;;/p-1. The van der Waals surface area contributed by atoms with Crippen molar-refractivity contribution in [2.45, 2.75) is 13.8 Å². The highest BCUT2D eigenvalue weighted by Gasteiger charge is 2.06. The van der Waals surface area contributed by atoms with Crippen LogP contribution in [-0.2, 0) is 2.84 Å². The van der Waals surface area contributed by atoms with Gasteiger partial charge in [0.15, 0.2) is 0 Å². The molecule has 0 unspecified atom stereocenters. The summed E-state index contributed by atoms with van der Waals surface area (Å²) in [6, 6.07) is 8.23. The summed E-state index contributed by atoms with van der Waals surface area (Å²) in [7, 11) is 0. The fourth-order valence-corrected chi connectivity index (χ4v) is 2.30. The summed E-state index contributed by atoms with van der Waals surface area (Å²) >= 11 is 0.318. The summed E-state index contributed by atoms with van der Waals surface area (Å²) in [5, 5.41) is 1.12. The van der Waals surface area contributed by atoms with Gasteiger partial charge in [0.2, 0.25) is 0 Å². The summed E-state index contributed by atoms with van der Waals surface area (Å²) in [6.45, 7) is 4.04. The van der Waals surface area contributed by atoms with Gasteiger partial charge in [-0.1, -0.05) is 6.07 Å². The quantitative estimate of drug-likeness (QED) is 0.763. The number of pyridine rings is 1. The molecule has 3 nitrogen and oxygen atoms in total. The van der Waals surface area contributed by atoms with E-state index in [0.29, 0.717) is 0 Å². The molecule has 0 amide bonds. The van der Waals surface area contributed by atoms with E-state index in [0.717, 1.165) is 39.0 Å². The Morgan fingerprint density at radius 3 is 2.81 bits per heavy atom. The maximum absolute atomic E-state index is 5.64. The first kappa shape index (κ1) is 11.9. The lowest BCUT2D eigenvalue weighted by Crippen LogP contribution is -2.06. The molecule has 0 aliphatic heterocycles. The number of rotatable bonds is 3. The van der Waals surface area contributed by atoms with Crippen LogP contribution in [0.3, 0.4) is 0 Å². The summed E-state index contributed by atoms with van der Waals surface area (Å²) in [5.74, 6) is 0.838. The number of aromatic nitrogens is 1. The van der Waals surface area contributed by atoms with E-state index in [1.807, 2.05) is 19.1 Å². The molecule has 2 aromatic rings. The molecular weight excluding hydrogens is 232 g/mol. The van der Waals surface area contributed by atoms with Crippen LogP contribution in [0.2, 0.25) is 0 Å². The van der Waals surface area contributed by atoms with Crippen LogP contribution in [0.4, 0.5) is 0 Å². The Balaban J connectivity index is 2.55. The van der Waals surface area contributed by atoms with Crippen molar-refractivity contribution in [3.63, 3.8) is 0 Å². The maximum atomic E-state index is 5.64. The summed E-state index contributed by atoms with van der Waals surface area (Å²) in [4.78, 5) is 4.51. The Morgan fingerprint density at radius 1 is 1.25 bits per heavy atom. The van der Waals surface area contributed by atoms with Gasteiger partial charge in [-0.15, -0.1) is 0 Å². The SMILES string of the molecule is Cc1cc([O][Al][O][AlH2])c2nc(C)ccc2c1. The predicted molar refractivity (Wildman–Crippen MR) is 67.2 cm³/mol. The van der Waals surface area contributed by atoms with Gasteiger partial charge in [0.1, 0.15) is 11.3 Å². The second kappa shape index (κ2) is 5.19. The largest absolute Gasteiger partial charge is 0.741 e. The molecule has 0 atom stereocenters. The normalized spacial score (nSPS) is 10.4. The zero-order chi connectivity index (χ0) is 11.5. The van der Waals surface area contributed by atoms with E-state index in [9.17, 15) is 0 Å². The zero-order valence-electron chi connectivity index (χ0n) is 9.65. The molecule has 0 spiro atoms. The smallest absolute Gasteiger partial charge is 0.626 e. The van der Waals surface area contributed by atoms with Gasteiger partial charge in [0.05, 0.1) is 0 Å². The first-order chi connectivity index (χ1) is 7.70. The number of hydrogen-bond acceptors (Lipinski definition) is 3. The molecule has 1 heterocycles. The molecule has 0 bridgehead atoms. The van der Waals surface area contributed by atoms with E-state index in [1.54, 1.807) is 0 Å².